The van der Waals surface area contributed by atoms with Gasteiger partial charge >= 0.3 is 0 Å². The summed E-state index contributed by atoms with van der Waals surface area (Å²) < 4.78 is 1.14. The fourth-order valence-corrected chi connectivity index (χ4v) is 3.35. The Labute approximate surface area is 137 Å². The average molecular weight is 405 g/mol. The molecule has 0 atom stereocenters. The molecule has 7 heteroatoms. The number of nitrogens with one attached hydrogen (secondary N) is 1. The molecule has 102 valence electrons. The summed E-state index contributed by atoms with van der Waals surface area (Å²) in [7, 11) is 0. The highest BCUT2D eigenvalue weighted by Gasteiger charge is 2.08. The lowest BCUT2D eigenvalue weighted by molar-refractivity contribution is 1.21. The van der Waals surface area contributed by atoms with E-state index < -0.39 is 0 Å². The molecule has 0 aliphatic carbocycles. The van der Waals surface area contributed by atoms with Crippen LogP contribution in [-0.4, -0.2) is 19.9 Å². The van der Waals surface area contributed by atoms with Crippen molar-refractivity contribution in [3.05, 3.63) is 46.4 Å². The highest BCUT2D eigenvalue weighted by atomic mass is 127. The molecule has 4 rings (SSSR count). The van der Waals surface area contributed by atoms with E-state index in [0.29, 0.717) is 0 Å². The van der Waals surface area contributed by atoms with Gasteiger partial charge in [0.2, 0.25) is 0 Å². The van der Waals surface area contributed by atoms with Gasteiger partial charge < -0.3 is 5.32 Å². The minimum Gasteiger partial charge on any atom is -0.316 e. The maximum atomic E-state index is 4.52. The third-order valence-corrected chi connectivity index (χ3v) is 4.55. The van der Waals surface area contributed by atoms with Gasteiger partial charge in [-0.1, -0.05) is 11.3 Å². The van der Waals surface area contributed by atoms with Crippen LogP contribution >= 0.6 is 33.9 Å². The van der Waals surface area contributed by atoms with Gasteiger partial charge in [-0.25, -0.2) is 19.9 Å². The van der Waals surface area contributed by atoms with Crippen molar-refractivity contribution in [2.45, 2.75) is 0 Å². The SMILES string of the molecule is Ic1ccc2ncnc(Nc3nc4cccnc4s3)c2c1. The zero-order valence-electron chi connectivity index (χ0n) is 10.6. The number of benzene rings is 1. The number of aromatic nitrogens is 4. The zero-order chi connectivity index (χ0) is 14.2. The van der Waals surface area contributed by atoms with E-state index in [1.165, 1.54) is 11.3 Å². The summed E-state index contributed by atoms with van der Waals surface area (Å²) >= 11 is 3.79. The molecule has 1 N–H and O–H groups in total. The van der Waals surface area contributed by atoms with Gasteiger partial charge in [-0.15, -0.1) is 0 Å². The van der Waals surface area contributed by atoms with Crippen LogP contribution in [0.2, 0.25) is 0 Å². The lowest BCUT2D eigenvalue weighted by Gasteiger charge is -2.05. The summed E-state index contributed by atoms with van der Waals surface area (Å²) in [5.41, 5.74) is 1.80. The van der Waals surface area contributed by atoms with Crippen LogP contribution in [0.3, 0.4) is 0 Å². The molecule has 21 heavy (non-hydrogen) atoms. The van der Waals surface area contributed by atoms with Gasteiger partial charge in [-0.3, -0.25) is 0 Å². The molecular formula is C14H8IN5S. The first-order chi connectivity index (χ1) is 10.3. The van der Waals surface area contributed by atoms with Crippen LogP contribution < -0.4 is 5.32 Å². The Morgan fingerprint density at radius 2 is 2.00 bits per heavy atom. The van der Waals surface area contributed by atoms with E-state index in [0.717, 1.165) is 35.8 Å². The number of fused-ring (bicyclic) bond motifs is 2. The quantitative estimate of drug-likeness (QED) is 0.511. The number of thiazole rings is 1. The van der Waals surface area contributed by atoms with E-state index in [9.17, 15) is 0 Å². The molecule has 3 aromatic heterocycles. The minimum absolute atomic E-state index is 0.762. The van der Waals surface area contributed by atoms with Crippen LogP contribution in [0.5, 0.6) is 0 Å². The normalized spacial score (nSPS) is 11.1. The van der Waals surface area contributed by atoms with Crippen LogP contribution in [0.4, 0.5) is 10.9 Å². The largest absolute Gasteiger partial charge is 0.316 e. The van der Waals surface area contributed by atoms with Gasteiger partial charge in [0.25, 0.3) is 0 Å². The van der Waals surface area contributed by atoms with Crippen LogP contribution in [0.15, 0.2) is 42.9 Å². The second-order valence-electron chi connectivity index (χ2n) is 4.36. The molecule has 0 spiro atoms. The van der Waals surface area contributed by atoms with Gasteiger partial charge in [0.1, 0.15) is 22.5 Å². The van der Waals surface area contributed by atoms with Crippen molar-refractivity contribution in [1.29, 1.82) is 0 Å². The number of rotatable bonds is 2. The summed E-state index contributed by atoms with van der Waals surface area (Å²) in [5.74, 6) is 0.762. The number of pyridine rings is 1. The molecular weight excluding hydrogens is 397 g/mol. The molecule has 0 aliphatic heterocycles. The van der Waals surface area contributed by atoms with Crippen molar-refractivity contribution in [2.75, 3.05) is 5.32 Å². The first kappa shape index (κ1) is 12.8. The monoisotopic (exact) mass is 405 g/mol. The van der Waals surface area contributed by atoms with Gasteiger partial charge in [-0.05, 0) is 52.9 Å². The third-order valence-electron chi connectivity index (χ3n) is 2.99. The maximum absolute atomic E-state index is 4.52. The van der Waals surface area contributed by atoms with Gasteiger partial charge in [0.15, 0.2) is 5.13 Å². The standard InChI is InChI=1S/C14H8IN5S/c15-8-3-4-10-9(6-8)12(18-7-17-10)20-14-19-11-2-1-5-16-13(11)21-14/h1-7H,(H,17,18,19,20). The number of nitrogens with zero attached hydrogens (tertiary/aromatic N) is 4. The van der Waals surface area contributed by atoms with E-state index in [1.807, 2.05) is 24.3 Å². The summed E-state index contributed by atoms with van der Waals surface area (Å²) in [5, 5.41) is 5.04. The van der Waals surface area contributed by atoms with Crippen LogP contribution in [0.1, 0.15) is 0 Å². The second kappa shape index (κ2) is 5.15. The van der Waals surface area contributed by atoms with E-state index >= 15 is 0 Å². The summed E-state index contributed by atoms with van der Waals surface area (Å²) in [6.45, 7) is 0. The molecule has 0 bridgehead atoms. The Kier molecular flexibility index (Phi) is 3.15. The van der Waals surface area contributed by atoms with Crippen LogP contribution in [-0.2, 0) is 0 Å². The molecule has 1 aromatic carbocycles. The van der Waals surface area contributed by atoms with Crippen molar-refractivity contribution < 1.29 is 0 Å². The molecule has 0 fully saturated rings. The van der Waals surface area contributed by atoms with E-state index in [-0.39, 0.29) is 0 Å². The van der Waals surface area contributed by atoms with Crippen molar-refractivity contribution in [3.63, 3.8) is 0 Å². The molecule has 5 nitrogen and oxygen atoms in total. The molecule has 0 saturated heterocycles. The number of halogens is 1. The lowest BCUT2D eigenvalue weighted by atomic mass is 10.2. The summed E-state index contributed by atoms with van der Waals surface area (Å²) in [6, 6.07) is 9.91. The Balaban J connectivity index is 1.81. The summed E-state index contributed by atoms with van der Waals surface area (Å²) in [4.78, 5) is 18.3. The molecule has 0 aliphatic rings. The number of hydrogen-bond donors (Lipinski definition) is 1. The van der Waals surface area contributed by atoms with E-state index in [1.54, 1.807) is 12.5 Å². The first-order valence-corrected chi connectivity index (χ1v) is 8.08. The van der Waals surface area contributed by atoms with Crippen molar-refractivity contribution in [3.8, 4) is 0 Å². The first-order valence-electron chi connectivity index (χ1n) is 6.18. The molecule has 0 saturated carbocycles. The Morgan fingerprint density at radius 1 is 1.05 bits per heavy atom. The fourth-order valence-electron chi connectivity index (χ4n) is 2.05. The highest BCUT2D eigenvalue weighted by Crippen LogP contribution is 2.29. The Hall–Kier alpha value is -1.87. The van der Waals surface area contributed by atoms with Crippen molar-refractivity contribution in [2.24, 2.45) is 0 Å². The number of hydrogen-bond acceptors (Lipinski definition) is 6. The molecule has 0 radical (unpaired) electrons. The summed E-state index contributed by atoms with van der Waals surface area (Å²) in [6.07, 6.45) is 3.33. The van der Waals surface area contributed by atoms with Crippen LogP contribution in [0.25, 0.3) is 21.3 Å². The highest BCUT2D eigenvalue weighted by molar-refractivity contribution is 14.1. The fraction of sp³-hybridized carbons (Fsp3) is 0. The average Bonchev–Trinajstić information content (AvgIpc) is 2.90. The minimum atomic E-state index is 0.762. The Morgan fingerprint density at radius 3 is 2.90 bits per heavy atom. The van der Waals surface area contributed by atoms with Gasteiger partial charge in [-0.2, -0.15) is 0 Å². The second-order valence-corrected chi connectivity index (χ2v) is 6.58. The smallest absolute Gasteiger partial charge is 0.190 e. The zero-order valence-corrected chi connectivity index (χ0v) is 13.6. The van der Waals surface area contributed by atoms with E-state index in [2.05, 4.69) is 53.9 Å². The van der Waals surface area contributed by atoms with E-state index in [4.69, 9.17) is 0 Å². The van der Waals surface area contributed by atoms with Gasteiger partial charge in [0, 0.05) is 15.2 Å². The van der Waals surface area contributed by atoms with Crippen molar-refractivity contribution in [1.82, 2.24) is 19.9 Å². The maximum Gasteiger partial charge on any atom is 0.190 e. The van der Waals surface area contributed by atoms with Crippen LogP contribution in [0, 0.1) is 3.57 Å². The Bertz CT molecular complexity index is 919. The van der Waals surface area contributed by atoms with Crippen molar-refractivity contribution >= 4 is 66.1 Å². The predicted octanol–water partition coefficient (Wildman–Crippen LogP) is 3.98. The third kappa shape index (κ3) is 2.42. The molecule has 4 aromatic rings. The number of anilines is 2. The molecule has 3 heterocycles. The molecule has 0 unspecified atom stereocenters. The van der Waals surface area contributed by atoms with Gasteiger partial charge in [0.05, 0.1) is 5.52 Å². The lowest BCUT2D eigenvalue weighted by Crippen LogP contribution is -1.95. The molecule has 0 amide bonds. The topological polar surface area (TPSA) is 63.6 Å². The predicted molar refractivity (Wildman–Crippen MR) is 93.0 cm³/mol.